The van der Waals surface area contributed by atoms with Crippen LogP contribution in [0.2, 0.25) is 0 Å². The van der Waals surface area contributed by atoms with Gasteiger partial charge in [0.05, 0.1) is 0 Å². The van der Waals surface area contributed by atoms with Gasteiger partial charge >= 0.3 is 0 Å². The Kier molecular flexibility index (Phi) is 5.21. The van der Waals surface area contributed by atoms with Gasteiger partial charge in [-0.15, -0.1) is 22.7 Å². The first kappa shape index (κ1) is 20.0. The molecule has 2 heterocycles. The van der Waals surface area contributed by atoms with Crippen molar-refractivity contribution in [3.8, 4) is 10.4 Å². The zero-order chi connectivity index (χ0) is 21.5. The summed E-state index contributed by atoms with van der Waals surface area (Å²) >= 11 is 3.88. The van der Waals surface area contributed by atoms with Crippen LogP contribution in [0.25, 0.3) is 52.2 Å². The van der Waals surface area contributed by atoms with Crippen molar-refractivity contribution < 1.29 is 0 Å². The van der Waals surface area contributed by atoms with Crippen LogP contribution >= 0.6 is 22.7 Å². The maximum atomic E-state index is 2.39. The van der Waals surface area contributed by atoms with Crippen molar-refractivity contribution in [2.24, 2.45) is 0 Å². The van der Waals surface area contributed by atoms with Crippen molar-refractivity contribution in [1.29, 1.82) is 0 Å². The minimum atomic E-state index is 1.22. The monoisotopic (exact) mass is 450 g/mol. The number of aryl methyl sites for hydroxylation is 1. The van der Waals surface area contributed by atoms with Crippen LogP contribution in [0.5, 0.6) is 0 Å². The minimum Gasteiger partial charge on any atom is -0.140 e. The Hall–Kier alpha value is -2.68. The fraction of sp³-hybridized carbons (Fsp3) is 0.200. The van der Waals surface area contributed by atoms with Crippen LogP contribution in [0.4, 0.5) is 0 Å². The molecule has 0 radical (unpaired) electrons. The second-order valence-electron chi connectivity index (χ2n) is 8.78. The Morgan fingerprint density at radius 3 is 2.09 bits per heavy atom. The highest BCUT2D eigenvalue weighted by Crippen LogP contribution is 2.39. The van der Waals surface area contributed by atoms with E-state index in [0.717, 1.165) is 0 Å². The molecule has 0 amide bonds. The highest BCUT2D eigenvalue weighted by Gasteiger charge is 2.10. The van der Waals surface area contributed by atoms with Crippen molar-refractivity contribution >= 4 is 64.4 Å². The molecule has 4 aromatic carbocycles. The smallest absolute Gasteiger partial charge is 0.0361 e. The summed E-state index contributed by atoms with van der Waals surface area (Å²) < 4.78 is 2.75. The molecule has 0 nitrogen and oxygen atoms in total. The second kappa shape index (κ2) is 8.35. The zero-order valence-electron chi connectivity index (χ0n) is 18.4. The predicted molar refractivity (Wildman–Crippen MR) is 146 cm³/mol. The zero-order valence-corrected chi connectivity index (χ0v) is 20.0. The van der Waals surface area contributed by atoms with Crippen LogP contribution < -0.4 is 0 Å². The minimum absolute atomic E-state index is 1.22. The summed E-state index contributed by atoms with van der Waals surface area (Å²) in [6.45, 7) is 2.28. The van der Waals surface area contributed by atoms with Gasteiger partial charge in [-0.05, 0) is 82.4 Å². The molecule has 0 N–H and O–H groups in total. The number of hydrogen-bond donors (Lipinski definition) is 0. The summed E-state index contributed by atoms with van der Waals surface area (Å²) in [5.74, 6) is 0. The fourth-order valence-corrected chi connectivity index (χ4v) is 6.96. The number of rotatable bonds is 6. The Bertz CT molecular complexity index is 1560. The van der Waals surface area contributed by atoms with Crippen molar-refractivity contribution in [2.45, 2.75) is 39.0 Å². The molecule has 0 unspecified atom stereocenters. The fourth-order valence-electron chi connectivity index (χ4n) is 4.75. The van der Waals surface area contributed by atoms with E-state index in [1.165, 1.54) is 89.1 Å². The first-order chi connectivity index (χ1) is 15.8. The van der Waals surface area contributed by atoms with Gasteiger partial charge in [0, 0.05) is 29.9 Å². The number of fused-ring (bicyclic) bond motifs is 5. The third-order valence-corrected chi connectivity index (χ3v) is 8.83. The molecule has 158 valence electrons. The predicted octanol–water partition coefficient (Wildman–Crippen LogP) is 10.2. The lowest BCUT2D eigenvalue weighted by molar-refractivity contribution is 0.670. The van der Waals surface area contributed by atoms with Crippen LogP contribution in [0.15, 0.2) is 78.9 Å². The lowest BCUT2D eigenvalue weighted by Crippen LogP contribution is -1.80. The van der Waals surface area contributed by atoms with Gasteiger partial charge in [0.25, 0.3) is 0 Å². The molecule has 0 fully saturated rings. The second-order valence-corrected chi connectivity index (χ2v) is 11.0. The van der Waals surface area contributed by atoms with Gasteiger partial charge in [0.2, 0.25) is 0 Å². The number of thiophene rings is 2. The Morgan fingerprint density at radius 2 is 1.31 bits per heavy atom. The van der Waals surface area contributed by atoms with Crippen molar-refractivity contribution in [3.63, 3.8) is 0 Å². The van der Waals surface area contributed by atoms with E-state index in [-0.39, 0.29) is 0 Å². The molecule has 32 heavy (non-hydrogen) atoms. The van der Waals surface area contributed by atoms with Crippen LogP contribution in [-0.4, -0.2) is 0 Å². The topological polar surface area (TPSA) is 0 Å². The third-order valence-electron chi connectivity index (χ3n) is 6.52. The normalized spacial score (nSPS) is 11.9. The molecule has 0 spiro atoms. The molecular weight excluding hydrogens is 424 g/mol. The summed E-state index contributed by atoms with van der Waals surface area (Å²) in [6, 6.07) is 29.8. The molecule has 6 rings (SSSR count). The van der Waals surface area contributed by atoms with E-state index in [4.69, 9.17) is 0 Å². The Morgan fingerprint density at radius 1 is 0.594 bits per heavy atom. The van der Waals surface area contributed by atoms with E-state index >= 15 is 0 Å². The van der Waals surface area contributed by atoms with E-state index in [2.05, 4.69) is 85.8 Å². The summed E-state index contributed by atoms with van der Waals surface area (Å²) in [6.07, 6.45) is 6.53. The molecule has 0 aliphatic rings. The van der Waals surface area contributed by atoms with Gasteiger partial charge in [-0.1, -0.05) is 62.6 Å². The maximum absolute atomic E-state index is 2.39. The summed E-state index contributed by atoms with van der Waals surface area (Å²) in [5, 5.41) is 8.05. The molecular formula is C30H26S2. The average molecular weight is 451 g/mol. The molecule has 0 saturated carbocycles. The summed E-state index contributed by atoms with van der Waals surface area (Å²) in [7, 11) is 0. The molecule has 0 saturated heterocycles. The molecule has 6 aromatic rings. The van der Waals surface area contributed by atoms with Crippen LogP contribution in [-0.2, 0) is 6.42 Å². The van der Waals surface area contributed by atoms with Gasteiger partial charge in [-0.25, -0.2) is 0 Å². The standard InChI is InChI=1S/C30H26S2/c1-2-3-4-5-10-25-13-14-28(31-25)23-12-11-22-17-27-26-16-20-8-6-7-9-21(20)18-29(26)32-30(27)19-24(22)15-23/h6-9,11-19H,2-5,10H2,1H3. The Labute approximate surface area is 197 Å². The van der Waals surface area contributed by atoms with E-state index in [1.807, 2.05) is 22.7 Å². The Balaban J connectivity index is 1.38. The van der Waals surface area contributed by atoms with Gasteiger partial charge in [-0.3, -0.25) is 0 Å². The maximum Gasteiger partial charge on any atom is 0.0361 e. The SMILES string of the molecule is CCCCCCc1ccc(-c2ccc3cc4c(cc3c2)sc2cc3ccccc3cc24)s1. The van der Waals surface area contributed by atoms with E-state index in [0.29, 0.717) is 0 Å². The highest BCUT2D eigenvalue weighted by atomic mass is 32.1. The van der Waals surface area contributed by atoms with Crippen LogP contribution in [0.3, 0.4) is 0 Å². The number of unbranched alkanes of at least 4 members (excludes halogenated alkanes) is 3. The van der Waals surface area contributed by atoms with Gasteiger partial charge in [-0.2, -0.15) is 0 Å². The summed E-state index contributed by atoms with van der Waals surface area (Å²) in [4.78, 5) is 2.91. The van der Waals surface area contributed by atoms with Crippen LogP contribution in [0.1, 0.15) is 37.5 Å². The molecule has 2 aromatic heterocycles. The van der Waals surface area contributed by atoms with Crippen molar-refractivity contribution in [1.82, 2.24) is 0 Å². The van der Waals surface area contributed by atoms with Crippen molar-refractivity contribution in [3.05, 3.63) is 83.7 Å². The van der Waals surface area contributed by atoms with Gasteiger partial charge in [0.15, 0.2) is 0 Å². The van der Waals surface area contributed by atoms with E-state index in [9.17, 15) is 0 Å². The molecule has 0 bridgehead atoms. The first-order valence-corrected chi connectivity index (χ1v) is 13.3. The third kappa shape index (κ3) is 3.62. The van der Waals surface area contributed by atoms with Gasteiger partial charge in [0.1, 0.15) is 0 Å². The molecule has 0 aliphatic heterocycles. The summed E-state index contributed by atoms with van der Waals surface area (Å²) in [5.41, 5.74) is 1.34. The largest absolute Gasteiger partial charge is 0.140 e. The average Bonchev–Trinajstić information content (AvgIpc) is 3.43. The quantitative estimate of drug-likeness (QED) is 0.221. The number of benzene rings is 4. The lowest BCUT2D eigenvalue weighted by Gasteiger charge is -2.03. The lowest BCUT2D eigenvalue weighted by atomic mass is 10.0. The molecule has 0 atom stereocenters. The molecule has 2 heteroatoms. The van der Waals surface area contributed by atoms with Gasteiger partial charge < -0.3 is 0 Å². The molecule has 0 aliphatic carbocycles. The van der Waals surface area contributed by atoms with E-state index in [1.54, 1.807) is 0 Å². The number of hydrogen-bond acceptors (Lipinski definition) is 2. The van der Waals surface area contributed by atoms with E-state index < -0.39 is 0 Å². The highest BCUT2D eigenvalue weighted by molar-refractivity contribution is 7.26. The van der Waals surface area contributed by atoms with Crippen molar-refractivity contribution in [2.75, 3.05) is 0 Å². The first-order valence-electron chi connectivity index (χ1n) is 11.7. The van der Waals surface area contributed by atoms with Crippen LogP contribution in [0, 0.1) is 0 Å².